The smallest absolute Gasteiger partial charge is 0.123 e. The van der Waals surface area contributed by atoms with Crippen LogP contribution in [0.25, 0.3) is 0 Å². The summed E-state index contributed by atoms with van der Waals surface area (Å²) in [6.07, 6.45) is 0. The average Bonchev–Trinajstić information content (AvgIpc) is 2.39. The largest absolute Gasteiger partial charge is 0.489 e. The summed E-state index contributed by atoms with van der Waals surface area (Å²) in [5, 5.41) is 0.726. The highest BCUT2D eigenvalue weighted by Crippen LogP contribution is 2.26. The van der Waals surface area contributed by atoms with Crippen LogP contribution in [-0.4, -0.2) is 0 Å². The second kappa shape index (κ2) is 6.53. The normalized spacial score (nSPS) is 10.5. The highest BCUT2D eigenvalue weighted by atomic mass is 79.9. The van der Waals surface area contributed by atoms with E-state index in [4.69, 9.17) is 4.74 Å². The van der Waals surface area contributed by atoms with Crippen molar-refractivity contribution in [3.8, 4) is 5.75 Å². The zero-order valence-electron chi connectivity index (χ0n) is 10.4. The van der Waals surface area contributed by atoms with Crippen LogP contribution in [0.5, 0.6) is 5.75 Å². The van der Waals surface area contributed by atoms with Gasteiger partial charge in [0.05, 0.1) is 0 Å². The molecule has 0 spiro atoms. The molecule has 0 saturated carbocycles. The van der Waals surface area contributed by atoms with E-state index in [1.54, 1.807) is 6.07 Å². The van der Waals surface area contributed by atoms with E-state index in [2.05, 4.69) is 31.9 Å². The number of hydrogen-bond donors (Lipinski definition) is 0. The standard InChI is InChI=1S/C15H13Br2FO/c1-10-6-14(18)4-2-11(10)9-19-15-5-3-13(17)7-12(15)8-16/h2-7H,8-9H2,1H3. The molecule has 0 N–H and O–H groups in total. The van der Waals surface area contributed by atoms with Crippen LogP contribution >= 0.6 is 31.9 Å². The predicted molar refractivity (Wildman–Crippen MR) is 82.2 cm³/mol. The van der Waals surface area contributed by atoms with E-state index >= 15 is 0 Å². The minimum absolute atomic E-state index is 0.217. The molecule has 0 bridgehead atoms. The molecule has 19 heavy (non-hydrogen) atoms. The second-order valence-electron chi connectivity index (χ2n) is 4.25. The van der Waals surface area contributed by atoms with Gasteiger partial charge in [0.2, 0.25) is 0 Å². The third-order valence-corrected chi connectivity index (χ3v) is 3.95. The zero-order valence-corrected chi connectivity index (χ0v) is 13.6. The number of aryl methyl sites for hydroxylation is 1. The molecule has 0 aliphatic heterocycles. The second-order valence-corrected chi connectivity index (χ2v) is 5.72. The third-order valence-electron chi connectivity index (χ3n) is 2.85. The Kier molecular flexibility index (Phi) is 4.99. The Morgan fingerprint density at radius 3 is 2.58 bits per heavy atom. The van der Waals surface area contributed by atoms with Crippen molar-refractivity contribution in [3.63, 3.8) is 0 Å². The van der Waals surface area contributed by atoms with Crippen LogP contribution in [0.15, 0.2) is 40.9 Å². The molecule has 0 radical (unpaired) electrons. The van der Waals surface area contributed by atoms with Gasteiger partial charge in [-0.3, -0.25) is 0 Å². The van der Waals surface area contributed by atoms with E-state index in [0.29, 0.717) is 6.61 Å². The molecule has 0 aliphatic rings. The molecule has 2 rings (SSSR count). The molecule has 0 unspecified atom stereocenters. The van der Waals surface area contributed by atoms with Crippen LogP contribution in [0, 0.1) is 12.7 Å². The zero-order chi connectivity index (χ0) is 13.8. The van der Waals surface area contributed by atoms with E-state index in [0.717, 1.165) is 32.2 Å². The first-order chi connectivity index (χ1) is 9.10. The molecule has 2 aromatic rings. The molecule has 0 amide bonds. The van der Waals surface area contributed by atoms with Gasteiger partial charge in [-0.1, -0.05) is 37.9 Å². The summed E-state index contributed by atoms with van der Waals surface area (Å²) in [4.78, 5) is 0. The van der Waals surface area contributed by atoms with E-state index in [-0.39, 0.29) is 5.82 Å². The van der Waals surface area contributed by atoms with Crippen molar-refractivity contribution >= 4 is 31.9 Å². The van der Waals surface area contributed by atoms with Gasteiger partial charge in [-0.15, -0.1) is 0 Å². The monoisotopic (exact) mass is 386 g/mol. The Hall–Kier alpha value is -0.870. The number of hydrogen-bond acceptors (Lipinski definition) is 1. The molecule has 0 aliphatic carbocycles. The Bertz CT molecular complexity index is 584. The van der Waals surface area contributed by atoms with E-state index in [1.165, 1.54) is 12.1 Å². The van der Waals surface area contributed by atoms with Crippen molar-refractivity contribution in [1.82, 2.24) is 0 Å². The Morgan fingerprint density at radius 2 is 1.89 bits per heavy atom. The molecular formula is C15H13Br2FO. The summed E-state index contributed by atoms with van der Waals surface area (Å²) in [6.45, 7) is 2.32. The van der Waals surface area contributed by atoms with E-state index < -0.39 is 0 Å². The van der Waals surface area contributed by atoms with Crippen LogP contribution in [0.2, 0.25) is 0 Å². The van der Waals surface area contributed by atoms with Crippen molar-refractivity contribution in [2.45, 2.75) is 18.9 Å². The van der Waals surface area contributed by atoms with Gasteiger partial charge in [0.1, 0.15) is 18.2 Å². The minimum atomic E-state index is -0.217. The van der Waals surface area contributed by atoms with Gasteiger partial charge in [-0.05, 0) is 48.4 Å². The maximum absolute atomic E-state index is 13.0. The maximum Gasteiger partial charge on any atom is 0.123 e. The summed E-state index contributed by atoms with van der Waals surface area (Å²) in [5.74, 6) is 0.620. The first kappa shape index (κ1) is 14.5. The number of halogens is 3. The maximum atomic E-state index is 13.0. The molecule has 0 fully saturated rings. The van der Waals surface area contributed by atoms with Gasteiger partial charge in [0.25, 0.3) is 0 Å². The van der Waals surface area contributed by atoms with Gasteiger partial charge in [0.15, 0.2) is 0 Å². The highest BCUT2D eigenvalue weighted by Gasteiger charge is 2.06. The van der Waals surface area contributed by atoms with Gasteiger partial charge >= 0.3 is 0 Å². The molecule has 0 saturated heterocycles. The van der Waals surface area contributed by atoms with Gasteiger partial charge in [0, 0.05) is 15.4 Å². The summed E-state index contributed by atoms with van der Waals surface area (Å²) in [5.41, 5.74) is 2.97. The molecule has 1 nitrogen and oxygen atoms in total. The molecule has 0 aromatic heterocycles. The number of ether oxygens (including phenoxy) is 1. The molecule has 0 atom stereocenters. The van der Waals surface area contributed by atoms with Crippen LogP contribution < -0.4 is 4.74 Å². The van der Waals surface area contributed by atoms with Crippen molar-refractivity contribution in [1.29, 1.82) is 0 Å². The highest BCUT2D eigenvalue weighted by molar-refractivity contribution is 9.10. The lowest BCUT2D eigenvalue weighted by atomic mass is 10.1. The SMILES string of the molecule is Cc1cc(F)ccc1COc1ccc(Br)cc1CBr. The van der Waals surface area contributed by atoms with Gasteiger partial charge < -0.3 is 4.74 Å². The van der Waals surface area contributed by atoms with Crippen LogP contribution in [0.4, 0.5) is 4.39 Å². The first-order valence-corrected chi connectivity index (χ1v) is 7.74. The summed E-state index contributed by atoms with van der Waals surface area (Å²) in [7, 11) is 0. The Balaban J connectivity index is 2.14. The first-order valence-electron chi connectivity index (χ1n) is 5.82. The molecule has 2 aromatic carbocycles. The van der Waals surface area contributed by atoms with Crippen LogP contribution in [0.3, 0.4) is 0 Å². The van der Waals surface area contributed by atoms with Crippen molar-refractivity contribution < 1.29 is 9.13 Å². The quantitative estimate of drug-likeness (QED) is 0.640. The number of rotatable bonds is 4. The van der Waals surface area contributed by atoms with Crippen LogP contribution in [-0.2, 0) is 11.9 Å². The van der Waals surface area contributed by atoms with E-state index in [9.17, 15) is 4.39 Å². The minimum Gasteiger partial charge on any atom is -0.489 e. The molecular weight excluding hydrogens is 375 g/mol. The molecule has 0 heterocycles. The lowest BCUT2D eigenvalue weighted by Gasteiger charge is -2.12. The fourth-order valence-electron chi connectivity index (χ4n) is 1.77. The van der Waals surface area contributed by atoms with Crippen molar-refractivity contribution in [2.75, 3.05) is 0 Å². The van der Waals surface area contributed by atoms with E-state index in [1.807, 2.05) is 25.1 Å². The van der Waals surface area contributed by atoms with Gasteiger partial charge in [-0.25, -0.2) is 4.39 Å². The fourth-order valence-corrected chi connectivity index (χ4v) is 2.62. The Morgan fingerprint density at radius 1 is 1.11 bits per heavy atom. The lowest BCUT2D eigenvalue weighted by Crippen LogP contribution is -2.00. The van der Waals surface area contributed by atoms with Crippen molar-refractivity contribution in [2.24, 2.45) is 0 Å². The third kappa shape index (κ3) is 3.80. The number of benzene rings is 2. The van der Waals surface area contributed by atoms with Crippen LogP contribution in [0.1, 0.15) is 16.7 Å². The topological polar surface area (TPSA) is 9.23 Å². The number of alkyl halides is 1. The fraction of sp³-hybridized carbons (Fsp3) is 0.200. The molecule has 4 heteroatoms. The summed E-state index contributed by atoms with van der Waals surface area (Å²) in [6, 6.07) is 10.6. The summed E-state index contributed by atoms with van der Waals surface area (Å²) < 4.78 is 19.9. The summed E-state index contributed by atoms with van der Waals surface area (Å²) >= 11 is 6.88. The predicted octanol–water partition coefficient (Wildman–Crippen LogP) is 5.37. The van der Waals surface area contributed by atoms with Crippen molar-refractivity contribution in [3.05, 3.63) is 63.4 Å². The molecule has 100 valence electrons. The lowest BCUT2D eigenvalue weighted by molar-refractivity contribution is 0.303. The average molecular weight is 388 g/mol. The van der Waals surface area contributed by atoms with Gasteiger partial charge in [-0.2, -0.15) is 0 Å². The Labute approximate surface area is 129 Å².